The van der Waals surface area contributed by atoms with Crippen molar-refractivity contribution in [3.63, 3.8) is 0 Å². The van der Waals surface area contributed by atoms with Gasteiger partial charge in [0.1, 0.15) is 5.69 Å². The van der Waals surface area contributed by atoms with Crippen molar-refractivity contribution in [2.24, 2.45) is 0 Å². The van der Waals surface area contributed by atoms with Crippen molar-refractivity contribution >= 4 is 34.0 Å². The molecule has 4 rings (SSSR count). The summed E-state index contributed by atoms with van der Waals surface area (Å²) < 4.78 is 1.84. The predicted octanol–water partition coefficient (Wildman–Crippen LogP) is 4.80. The molecule has 0 aliphatic rings. The van der Waals surface area contributed by atoms with E-state index in [0.29, 0.717) is 5.02 Å². The highest BCUT2D eigenvalue weighted by molar-refractivity contribution is 7.13. The van der Waals surface area contributed by atoms with Crippen LogP contribution in [0.1, 0.15) is 0 Å². The van der Waals surface area contributed by atoms with E-state index < -0.39 is 0 Å². The molecule has 0 radical (unpaired) electrons. The molecule has 0 amide bonds. The van der Waals surface area contributed by atoms with E-state index >= 15 is 0 Å². The van der Waals surface area contributed by atoms with Gasteiger partial charge in [-0.3, -0.25) is 0 Å². The summed E-state index contributed by atoms with van der Waals surface area (Å²) in [7, 11) is 0. The van der Waals surface area contributed by atoms with Crippen molar-refractivity contribution in [2.75, 3.05) is 0 Å². The zero-order valence-corrected chi connectivity index (χ0v) is 12.5. The van der Waals surface area contributed by atoms with Crippen molar-refractivity contribution in [1.82, 2.24) is 14.8 Å². The van der Waals surface area contributed by atoms with Crippen LogP contribution in [0.2, 0.25) is 5.02 Å². The molecule has 3 nitrogen and oxygen atoms in total. The van der Waals surface area contributed by atoms with Gasteiger partial charge in [-0.15, -0.1) is 11.3 Å². The summed E-state index contributed by atoms with van der Waals surface area (Å²) in [6, 6.07) is 15.7. The van der Waals surface area contributed by atoms with Gasteiger partial charge in [-0.05, 0) is 41.8 Å². The Morgan fingerprint density at radius 3 is 2.81 bits per heavy atom. The molecule has 0 saturated heterocycles. The Morgan fingerprint density at radius 1 is 1.05 bits per heavy atom. The lowest BCUT2D eigenvalue weighted by atomic mass is 10.2. The zero-order valence-electron chi connectivity index (χ0n) is 10.9. The summed E-state index contributed by atoms with van der Waals surface area (Å²) in [6.07, 6.45) is 1.78. The van der Waals surface area contributed by atoms with Crippen LogP contribution >= 0.6 is 22.9 Å². The molecule has 0 aliphatic carbocycles. The molecule has 0 aliphatic heterocycles. The van der Waals surface area contributed by atoms with Crippen LogP contribution in [-0.2, 0) is 0 Å². The first-order chi connectivity index (χ1) is 10.3. The number of thiophene rings is 1. The van der Waals surface area contributed by atoms with Crippen molar-refractivity contribution in [3.05, 3.63) is 65.1 Å². The lowest BCUT2D eigenvalue weighted by Crippen LogP contribution is -1.97. The smallest absolute Gasteiger partial charge is 0.163 e. The third-order valence-corrected chi connectivity index (χ3v) is 4.36. The fourth-order valence-electron chi connectivity index (χ4n) is 2.34. The molecule has 0 N–H and O–H groups in total. The number of hydrogen-bond donors (Lipinski definition) is 0. The Balaban J connectivity index is 2.02. The predicted molar refractivity (Wildman–Crippen MR) is 87.2 cm³/mol. The van der Waals surface area contributed by atoms with Gasteiger partial charge >= 0.3 is 0 Å². The average molecular weight is 312 g/mol. The van der Waals surface area contributed by atoms with Gasteiger partial charge in [0.2, 0.25) is 0 Å². The third kappa shape index (κ3) is 2.13. The van der Waals surface area contributed by atoms with Crippen LogP contribution in [-0.4, -0.2) is 14.8 Å². The highest BCUT2D eigenvalue weighted by Gasteiger charge is 2.14. The quantitative estimate of drug-likeness (QED) is 0.532. The minimum absolute atomic E-state index is 0.685. The van der Waals surface area contributed by atoms with E-state index in [4.69, 9.17) is 16.7 Å². The van der Waals surface area contributed by atoms with E-state index in [2.05, 4.69) is 16.4 Å². The molecule has 3 heterocycles. The second-order valence-corrected chi connectivity index (χ2v) is 5.98. The van der Waals surface area contributed by atoms with Crippen LogP contribution in [0.5, 0.6) is 0 Å². The number of pyridine rings is 1. The number of hydrogen-bond acceptors (Lipinski definition) is 3. The first kappa shape index (κ1) is 12.6. The van der Waals surface area contributed by atoms with Gasteiger partial charge in [0, 0.05) is 16.6 Å². The molecule has 0 saturated carbocycles. The minimum atomic E-state index is 0.685. The van der Waals surface area contributed by atoms with Crippen LogP contribution in [0.3, 0.4) is 0 Å². The molecule has 0 bridgehead atoms. The van der Waals surface area contributed by atoms with E-state index in [-0.39, 0.29) is 0 Å². The van der Waals surface area contributed by atoms with Crippen LogP contribution < -0.4 is 0 Å². The highest BCUT2D eigenvalue weighted by atomic mass is 35.5. The molecule has 3 aromatic heterocycles. The summed E-state index contributed by atoms with van der Waals surface area (Å²) in [5.74, 6) is 0. The van der Waals surface area contributed by atoms with E-state index in [1.165, 1.54) is 0 Å². The van der Waals surface area contributed by atoms with E-state index in [1.807, 2.05) is 47.1 Å². The van der Waals surface area contributed by atoms with E-state index in [9.17, 15) is 0 Å². The third-order valence-electron chi connectivity index (χ3n) is 3.25. The number of benzene rings is 1. The summed E-state index contributed by atoms with van der Waals surface area (Å²) in [4.78, 5) is 5.61. The van der Waals surface area contributed by atoms with E-state index in [0.717, 1.165) is 27.3 Å². The van der Waals surface area contributed by atoms with Gasteiger partial charge in [-0.1, -0.05) is 23.7 Å². The lowest BCUT2D eigenvalue weighted by Gasteiger charge is -2.02. The highest BCUT2D eigenvalue weighted by Crippen LogP contribution is 2.31. The van der Waals surface area contributed by atoms with Crippen molar-refractivity contribution in [3.8, 4) is 16.3 Å². The van der Waals surface area contributed by atoms with Crippen LogP contribution in [0, 0.1) is 0 Å². The molecule has 5 heteroatoms. The Labute approximate surface area is 130 Å². The number of halogens is 1. The number of aromatic nitrogens is 3. The van der Waals surface area contributed by atoms with Crippen molar-refractivity contribution in [1.29, 1.82) is 0 Å². The summed E-state index contributed by atoms with van der Waals surface area (Å²) >= 11 is 7.77. The lowest BCUT2D eigenvalue weighted by molar-refractivity contribution is 0.902. The first-order valence-corrected chi connectivity index (χ1v) is 7.72. The molecule has 0 spiro atoms. The monoisotopic (exact) mass is 311 g/mol. The average Bonchev–Trinajstić information content (AvgIpc) is 3.14. The molecule has 0 unspecified atom stereocenters. The topological polar surface area (TPSA) is 30.7 Å². The second kappa shape index (κ2) is 4.98. The number of nitrogens with zero attached hydrogens (tertiary/aromatic N) is 3. The largest absolute Gasteiger partial charge is 0.237 e. The van der Waals surface area contributed by atoms with Crippen LogP contribution in [0.4, 0.5) is 0 Å². The molecular formula is C16H10ClN3S. The Bertz CT molecular complexity index is 912. The Hall–Kier alpha value is -2.17. The SMILES string of the molecule is Clc1cccc(-n2nc(-c3cccs3)c3cccnc32)c1. The van der Waals surface area contributed by atoms with Gasteiger partial charge in [0.15, 0.2) is 5.65 Å². The molecule has 21 heavy (non-hydrogen) atoms. The van der Waals surface area contributed by atoms with Crippen molar-refractivity contribution < 1.29 is 0 Å². The second-order valence-electron chi connectivity index (χ2n) is 4.59. The van der Waals surface area contributed by atoms with Gasteiger partial charge in [0.05, 0.1) is 10.6 Å². The van der Waals surface area contributed by atoms with Gasteiger partial charge in [-0.2, -0.15) is 5.10 Å². The Kier molecular flexibility index (Phi) is 2.98. The summed E-state index contributed by atoms with van der Waals surface area (Å²) in [5, 5.41) is 8.53. The molecule has 1 aromatic carbocycles. The molecule has 0 atom stereocenters. The summed E-state index contributed by atoms with van der Waals surface area (Å²) in [6.45, 7) is 0. The standard InChI is InChI=1S/C16H10ClN3S/c17-11-4-1-5-12(10-11)20-16-13(6-2-8-18-16)15(19-20)14-7-3-9-21-14/h1-10H. The maximum Gasteiger partial charge on any atom is 0.163 e. The van der Waals surface area contributed by atoms with Crippen LogP contribution in [0.15, 0.2) is 60.1 Å². The fourth-order valence-corrected chi connectivity index (χ4v) is 3.24. The maximum atomic E-state index is 6.09. The summed E-state index contributed by atoms with van der Waals surface area (Å²) in [5.41, 5.74) is 2.70. The number of fused-ring (bicyclic) bond motifs is 1. The zero-order chi connectivity index (χ0) is 14.2. The molecule has 0 fully saturated rings. The van der Waals surface area contributed by atoms with Crippen LogP contribution in [0.25, 0.3) is 27.3 Å². The first-order valence-electron chi connectivity index (χ1n) is 6.46. The van der Waals surface area contributed by atoms with Gasteiger partial charge < -0.3 is 0 Å². The minimum Gasteiger partial charge on any atom is -0.237 e. The normalized spacial score (nSPS) is 11.1. The Morgan fingerprint density at radius 2 is 2.00 bits per heavy atom. The van der Waals surface area contributed by atoms with Gasteiger partial charge in [0.25, 0.3) is 0 Å². The van der Waals surface area contributed by atoms with E-state index in [1.54, 1.807) is 17.5 Å². The molecule has 4 aromatic rings. The molecule has 102 valence electrons. The van der Waals surface area contributed by atoms with Gasteiger partial charge in [-0.25, -0.2) is 9.67 Å². The molecular weight excluding hydrogens is 302 g/mol. The number of rotatable bonds is 2. The maximum absolute atomic E-state index is 6.09. The fraction of sp³-hybridized carbons (Fsp3) is 0. The van der Waals surface area contributed by atoms with Crippen molar-refractivity contribution in [2.45, 2.75) is 0 Å².